The number of carbonyl (C=O) groups excluding carboxylic acids is 2. The first-order valence-corrected chi connectivity index (χ1v) is 10.2. The van der Waals surface area contributed by atoms with Crippen molar-refractivity contribution in [3.05, 3.63) is 89.2 Å². The summed E-state index contributed by atoms with van der Waals surface area (Å²) in [5.74, 6) is -0.882. The molecule has 1 heterocycles. The minimum atomic E-state index is -0.435. The predicted molar refractivity (Wildman–Crippen MR) is 122 cm³/mol. The number of benzene rings is 3. The zero-order valence-electron chi connectivity index (χ0n) is 18.1. The van der Waals surface area contributed by atoms with Gasteiger partial charge in [-0.1, -0.05) is 48.5 Å². The highest BCUT2D eigenvalue weighted by molar-refractivity contribution is 5.98. The molecule has 1 amide bonds. The van der Waals surface area contributed by atoms with Crippen LogP contribution in [0.3, 0.4) is 0 Å². The highest BCUT2D eigenvalue weighted by Gasteiger charge is 2.24. The molecular formula is C25H22N4O4. The second-order valence-electron chi connectivity index (χ2n) is 7.65. The van der Waals surface area contributed by atoms with E-state index in [0.717, 1.165) is 17.2 Å². The van der Waals surface area contributed by atoms with Crippen LogP contribution in [0, 0.1) is 6.92 Å². The van der Waals surface area contributed by atoms with E-state index >= 15 is 0 Å². The lowest BCUT2D eigenvalue weighted by molar-refractivity contribution is 0.0782. The van der Waals surface area contributed by atoms with Gasteiger partial charge in [-0.15, -0.1) is 10.2 Å². The smallest absolute Gasteiger partial charge is 0.257 e. The fourth-order valence-electron chi connectivity index (χ4n) is 3.66. The highest BCUT2D eigenvalue weighted by atomic mass is 16.3. The largest absolute Gasteiger partial charge is 0.507 e. The summed E-state index contributed by atoms with van der Waals surface area (Å²) in [7, 11) is 1.63. The van der Waals surface area contributed by atoms with E-state index in [4.69, 9.17) is 0 Å². The van der Waals surface area contributed by atoms with Crippen LogP contribution in [0.5, 0.6) is 11.5 Å². The number of amides is 1. The molecule has 0 aliphatic rings. The van der Waals surface area contributed by atoms with Crippen LogP contribution in [-0.4, -0.2) is 49.1 Å². The molecule has 33 heavy (non-hydrogen) atoms. The lowest BCUT2D eigenvalue weighted by Crippen LogP contribution is -2.26. The van der Waals surface area contributed by atoms with E-state index < -0.39 is 5.91 Å². The number of aromatic hydroxyl groups is 2. The van der Waals surface area contributed by atoms with Gasteiger partial charge in [0.15, 0.2) is 12.1 Å². The first-order valence-electron chi connectivity index (χ1n) is 10.2. The molecule has 8 heteroatoms. The molecule has 0 spiro atoms. The molecule has 1 aromatic heterocycles. The van der Waals surface area contributed by atoms with Crippen molar-refractivity contribution in [2.45, 2.75) is 13.5 Å². The summed E-state index contributed by atoms with van der Waals surface area (Å²) < 4.78 is 1.51. The number of para-hydroxylation sites is 1. The van der Waals surface area contributed by atoms with Crippen molar-refractivity contribution in [3.8, 4) is 28.6 Å². The Morgan fingerprint density at radius 2 is 1.70 bits per heavy atom. The monoisotopic (exact) mass is 442 g/mol. The Bertz CT molecular complexity index is 1330. The van der Waals surface area contributed by atoms with Gasteiger partial charge in [0.2, 0.25) is 5.82 Å². The van der Waals surface area contributed by atoms with E-state index in [1.807, 2.05) is 55.5 Å². The molecule has 3 aromatic carbocycles. The summed E-state index contributed by atoms with van der Waals surface area (Å²) in [5.41, 5.74) is 2.60. The van der Waals surface area contributed by atoms with Gasteiger partial charge in [-0.25, -0.2) is 0 Å². The van der Waals surface area contributed by atoms with E-state index in [9.17, 15) is 19.8 Å². The summed E-state index contributed by atoms with van der Waals surface area (Å²) in [6.45, 7) is 2.21. The van der Waals surface area contributed by atoms with Crippen LogP contribution in [0.4, 0.5) is 0 Å². The molecule has 2 N–H and O–H groups in total. The number of rotatable bonds is 6. The number of aromatic nitrogens is 3. The predicted octanol–water partition coefficient (Wildman–Crippen LogP) is 3.74. The third kappa shape index (κ3) is 4.18. The number of phenolic OH excluding ortho intramolecular Hbond substituents is 2. The lowest BCUT2D eigenvalue weighted by atomic mass is 10.1. The Balaban J connectivity index is 1.79. The van der Waals surface area contributed by atoms with Crippen LogP contribution in [-0.2, 0) is 6.54 Å². The number of phenols is 2. The molecule has 0 unspecified atom stereocenters. The standard InChI is InChI=1S/C25H22N4O4/c1-16-8-6-7-11-20(16)29-23(15-30)26-27-24(29)18-12-19(22(32)13-21(18)31)25(33)28(2)14-17-9-4-3-5-10-17/h3-13,15,31-32H,14H2,1-2H3. The van der Waals surface area contributed by atoms with Gasteiger partial charge in [-0.05, 0) is 30.2 Å². The van der Waals surface area contributed by atoms with E-state index in [1.54, 1.807) is 13.1 Å². The topological polar surface area (TPSA) is 109 Å². The van der Waals surface area contributed by atoms with Gasteiger partial charge in [0.25, 0.3) is 5.91 Å². The number of aldehydes is 1. The molecule has 4 aromatic rings. The molecule has 0 saturated heterocycles. The summed E-state index contributed by atoms with van der Waals surface area (Å²) in [5, 5.41) is 29.0. The van der Waals surface area contributed by atoms with E-state index in [2.05, 4.69) is 10.2 Å². The van der Waals surface area contributed by atoms with E-state index in [-0.39, 0.29) is 34.3 Å². The van der Waals surface area contributed by atoms with Gasteiger partial charge < -0.3 is 15.1 Å². The number of hydrogen-bond donors (Lipinski definition) is 2. The Kier molecular flexibility index (Phi) is 5.91. The quantitative estimate of drug-likeness (QED) is 0.441. The second kappa shape index (κ2) is 8.96. The van der Waals surface area contributed by atoms with Crippen LogP contribution in [0.2, 0.25) is 0 Å². The molecule has 0 bridgehead atoms. The maximum absolute atomic E-state index is 13.1. The normalized spacial score (nSPS) is 10.7. The van der Waals surface area contributed by atoms with E-state index in [1.165, 1.54) is 15.5 Å². The molecule has 8 nitrogen and oxygen atoms in total. The third-order valence-corrected chi connectivity index (χ3v) is 5.34. The Morgan fingerprint density at radius 1 is 1.00 bits per heavy atom. The molecule has 0 aliphatic carbocycles. The third-order valence-electron chi connectivity index (χ3n) is 5.34. The van der Waals surface area contributed by atoms with Gasteiger partial charge in [-0.2, -0.15) is 0 Å². The van der Waals surface area contributed by atoms with Gasteiger partial charge in [0, 0.05) is 19.7 Å². The average Bonchev–Trinajstić information content (AvgIpc) is 3.23. The SMILES string of the molecule is Cc1ccccc1-n1c(C=O)nnc1-c1cc(C(=O)N(C)Cc2ccccc2)c(O)cc1O. The maximum atomic E-state index is 13.1. The molecule has 166 valence electrons. The minimum absolute atomic E-state index is 0.00628. The number of aryl methyl sites for hydroxylation is 1. The van der Waals surface area contributed by atoms with Crippen molar-refractivity contribution in [2.24, 2.45) is 0 Å². The van der Waals surface area contributed by atoms with Crippen molar-refractivity contribution in [3.63, 3.8) is 0 Å². The zero-order valence-corrected chi connectivity index (χ0v) is 18.1. The fraction of sp³-hybridized carbons (Fsp3) is 0.120. The molecule has 0 saturated carbocycles. The summed E-state index contributed by atoms with van der Waals surface area (Å²) in [6.07, 6.45) is 0.570. The Labute approximate surface area is 190 Å². The van der Waals surface area contributed by atoms with Crippen LogP contribution in [0.1, 0.15) is 32.1 Å². The van der Waals surface area contributed by atoms with Crippen molar-refractivity contribution < 1.29 is 19.8 Å². The maximum Gasteiger partial charge on any atom is 0.257 e. The van der Waals surface area contributed by atoms with Crippen LogP contribution in [0.15, 0.2) is 66.7 Å². The van der Waals surface area contributed by atoms with Gasteiger partial charge in [0.1, 0.15) is 11.5 Å². The zero-order chi connectivity index (χ0) is 23.5. The first-order chi connectivity index (χ1) is 15.9. The van der Waals surface area contributed by atoms with Crippen molar-refractivity contribution >= 4 is 12.2 Å². The minimum Gasteiger partial charge on any atom is -0.507 e. The summed E-state index contributed by atoms with van der Waals surface area (Å²) >= 11 is 0. The Morgan fingerprint density at radius 3 is 2.39 bits per heavy atom. The van der Waals surface area contributed by atoms with Crippen LogP contribution < -0.4 is 0 Å². The average molecular weight is 442 g/mol. The molecule has 4 rings (SSSR count). The number of nitrogens with zero attached hydrogens (tertiary/aromatic N) is 4. The van der Waals surface area contributed by atoms with Gasteiger partial charge in [0.05, 0.1) is 16.8 Å². The van der Waals surface area contributed by atoms with E-state index in [0.29, 0.717) is 18.5 Å². The van der Waals surface area contributed by atoms with Crippen LogP contribution >= 0.6 is 0 Å². The number of carbonyl (C=O) groups is 2. The second-order valence-corrected chi connectivity index (χ2v) is 7.65. The van der Waals surface area contributed by atoms with Crippen LogP contribution in [0.25, 0.3) is 17.1 Å². The molecular weight excluding hydrogens is 420 g/mol. The molecule has 0 fully saturated rings. The highest BCUT2D eigenvalue weighted by Crippen LogP contribution is 2.36. The van der Waals surface area contributed by atoms with Crippen molar-refractivity contribution in [2.75, 3.05) is 7.05 Å². The molecule has 0 atom stereocenters. The molecule has 0 aliphatic heterocycles. The van der Waals surface area contributed by atoms with Crippen molar-refractivity contribution in [1.82, 2.24) is 19.7 Å². The van der Waals surface area contributed by atoms with Gasteiger partial charge in [-0.3, -0.25) is 14.2 Å². The summed E-state index contributed by atoms with van der Waals surface area (Å²) in [6, 6.07) is 19.3. The first kappa shape index (κ1) is 21.8. The van der Waals surface area contributed by atoms with Gasteiger partial charge >= 0.3 is 0 Å². The molecule has 0 radical (unpaired) electrons. The lowest BCUT2D eigenvalue weighted by Gasteiger charge is -2.19. The van der Waals surface area contributed by atoms with Crippen molar-refractivity contribution in [1.29, 1.82) is 0 Å². The summed E-state index contributed by atoms with van der Waals surface area (Å²) in [4.78, 5) is 26.2. The number of hydrogen-bond acceptors (Lipinski definition) is 6. The Hall–Kier alpha value is -4.46. The fourth-order valence-corrected chi connectivity index (χ4v) is 3.66.